The van der Waals surface area contributed by atoms with Gasteiger partial charge in [-0.2, -0.15) is 0 Å². The molecule has 1 N–H and O–H groups in total. The summed E-state index contributed by atoms with van der Waals surface area (Å²) in [4.78, 5) is 14.7. The van der Waals surface area contributed by atoms with Crippen LogP contribution in [0.4, 0.5) is 8.78 Å². The molecule has 0 aliphatic carbocycles. The summed E-state index contributed by atoms with van der Waals surface area (Å²) in [5.41, 5.74) is 3.72. The summed E-state index contributed by atoms with van der Waals surface area (Å²) in [5, 5.41) is 9.78. The second kappa shape index (κ2) is 9.47. The van der Waals surface area contributed by atoms with Gasteiger partial charge >= 0.3 is 5.69 Å². The molecule has 31 heavy (non-hydrogen) atoms. The first-order chi connectivity index (χ1) is 15.0. The highest BCUT2D eigenvalue weighted by Gasteiger charge is 2.15. The first-order valence-corrected chi connectivity index (χ1v) is 10.7. The van der Waals surface area contributed by atoms with Crippen molar-refractivity contribution in [2.75, 3.05) is 13.1 Å². The smallest absolute Gasteiger partial charge is 0.331 e. The van der Waals surface area contributed by atoms with Crippen LogP contribution in [0.1, 0.15) is 30.4 Å². The third-order valence-corrected chi connectivity index (χ3v) is 5.77. The van der Waals surface area contributed by atoms with Crippen molar-refractivity contribution in [3.05, 3.63) is 76.3 Å². The van der Waals surface area contributed by atoms with Gasteiger partial charge in [-0.15, -0.1) is 0 Å². The zero-order chi connectivity index (χ0) is 21.8. The SMILES string of the molecule is O=c1n(Cc2ccc(-c3cccc(CN4CCCCC4)c3)cc2)cc(O)n1CC(F)F. The highest BCUT2D eigenvalue weighted by Crippen LogP contribution is 2.23. The van der Waals surface area contributed by atoms with E-state index < -0.39 is 24.5 Å². The molecule has 164 valence electrons. The summed E-state index contributed by atoms with van der Waals surface area (Å²) in [7, 11) is 0. The first-order valence-electron chi connectivity index (χ1n) is 10.7. The number of nitrogens with zero attached hydrogens (tertiary/aromatic N) is 3. The lowest BCUT2D eigenvalue weighted by atomic mass is 10.0. The first kappa shape index (κ1) is 21.3. The van der Waals surface area contributed by atoms with Gasteiger partial charge in [0, 0.05) is 6.54 Å². The number of benzene rings is 2. The largest absolute Gasteiger partial charge is 0.493 e. The van der Waals surface area contributed by atoms with Crippen LogP contribution in [0.3, 0.4) is 0 Å². The second-order valence-corrected chi connectivity index (χ2v) is 8.13. The van der Waals surface area contributed by atoms with E-state index in [4.69, 9.17) is 0 Å². The molecule has 0 bridgehead atoms. The summed E-state index contributed by atoms with van der Waals surface area (Å²) in [6.45, 7) is 2.68. The van der Waals surface area contributed by atoms with E-state index in [2.05, 4.69) is 29.2 Å². The van der Waals surface area contributed by atoms with Gasteiger partial charge in [0.25, 0.3) is 6.43 Å². The highest BCUT2D eigenvalue weighted by atomic mass is 19.3. The lowest BCUT2D eigenvalue weighted by Gasteiger charge is -2.26. The Morgan fingerprint density at radius 3 is 2.35 bits per heavy atom. The van der Waals surface area contributed by atoms with Crippen molar-refractivity contribution in [3.8, 4) is 17.0 Å². The molecular weight excluding hydrogens is 400 g/mol. The standard InChI is InChI=1S/C24H27F2N3O2/c25-22(26)16-29-23(30)17-28(24(29)31)15-18-7-9-20(10-8-18)21-6-4-5-19(13-21)14-27-11-2-1-3-12-27/h4-10,13,17,22,30H,1-3,11-12,14-16H2. The molecule has 1 aliphatic rings. The summed E-state index contributed by atoms with van der Waals surface area (Å²) < 4.78 is 27.1. The molecule has 5 nitrogen and oxygen atoms in total. The van der Waals surface area contributed by atoms with Gasteiger partial charge in [0.15, 0.2) is 0 Å². The van der Waals surface area contributed by atoms with E-state index in [1.165, 1.54) is 35.6 Å². The molecule has 1 aromatic heterocycles. The fourth-order valence-electron chi connectivity index (χ4n) is 4.16. The average Bonchev–Trinajstić information content (AvgIpc) is 3.02. The third-order valence-electron chi connectivity index (χ3n) is 5.77. The quantitative estimate of drug-likeness (QED) is 0.611. The maximum Gasteiger partial charge on any atom is 0.331 e. The molecule has 1 aliphatic heterocycles. The maximum atomic E-state index is 12.6. The lowest BCUT2D eigenvalue weighted by Crippen LogP contribution is -2.29. The van der Waals surface area contributed by atoms with E-state index in [-0.39, 0.29) is 6.54 Å². The number of halogens is 2. The van der Waals surface area contributed by atoms with Crippen LogP contribution in [-0.2, 0) is 19.6 Å². The summed E-state index contributed by atoms with van der Waals surface area (Å²) in [6.07, 6.45) is 2.36. The Hall–Kier alpha value is -2.93. The van der Waals surface area contributed by atoms with E-state index in [9.17, 15) is 18.7 Å². The van der Waals surface area contributed by atoms with E-state index in [1.807, 2.05) is 24.3 Å². The van der Waals surface area contributed by atoms with Crippen molar-refractivity contribution in [1.29, 1.82) is 0 Å². The normalized spacial score (nSPS) is 14.9. The van der Waals surface area contributed by atoms with Crippen LogP contribution in [0, 0.1) is 0 Å². The van der Waals surface area contributed by atoms with Crippen molar-refractivity contribution < 1.29 is 13.9 Å². The second-order valence-electron chi connectivity index (χ2n) is 8.13. The average molecular weight is 427 g/mol. The van der Waals surface area contributed by atoms with Gasteiger partial charge in [-0.1, -0.05) is 48.9 Å². The van der Waals surface area contributed by atoms with Crippen LogP contribution in [-0.4, -0.2) is 38.7 Å². The number of hydrogen-bond donors (Lipinski definition) is 1. The number of piperidine rings is 1. The lowest BCUT2D eigenvalue weighted by molar-refractivity contribution is 0.121. The van der Waals surface area contributed by atoms with Crippen LogP contribution >= 0.6 is 0 Å². The molecule has 7 heteroatoms. The molecular formula is C24H27F2N3O2. The minimum absolute atomic E-state index is 0.206. The van der Waals surface area contributed by atoms with Gasteiger partial charge in [0.1, 0.15) is 0 Å². The number of aromatic hydroxyl groups is 1. The van der Waals surface area contributed by atoms with Crippen LogP contribution in [0.5, 0.6) is 5.88 Å². The zero-order valence-electron chi connectivity index (χ0n) is 17.4. The Morgan fingerprint density at radius 2 is 1.65 bits per heavy atom. The predicted octanol–water partition coefficient (Wildman–Crippen LogP) is 4.32. The number of rotatable bonds is 7. The van der Waals surface area contributed by atoms with Crippen molar-refractivity contribution >= 4 is 0 Å². The van der Waals surface area contributed by atoms with E-state index in [1.54, 1.807) is 0 Å². The Bertz CT molecular complexity index is 1070. The topological polar surface area (TPSA) is 50.4 Å². The van der Waals surface area contributed by atoms with Gasteiger partial charge in [-0.3, -0.25) is 14.0 Å². The molecule has 0 atom stereocenters. The number of hydrogen-bond acceptors (Lipinski definition) is 3. The van der Waals surface area contributed by atoms with E-state index in [0.29, 0.717) is 4.57 Å². The molecule has 2 heterocycles. The summed E-state index contributed by atoms with van der Waals surface area (Å²) in [6, 6.07) is 16.4. The van der Waals surface area contributed by atoms with Crippen LogP contribution < -0.4 is 5.69 Å². The van der Waals surface area contributed by atoms with Crippen molar-refractivity contribution in [1.82, 2.24) is 14.0 Å². The summed E-state index contributed by atoms with van der Waals surface area (Å²) in [5.74, 6) is -0.451. The number of aromatic nitrogens is 2. The minimum atomic E-state index is -2.70. The molecule has 0 amide bonds. The molecule has 0 saturated carbocycles. The van der Waals surface area contributed by atoms with E-state index >= 15 is 0 Å². The Morgan fingerprint density at radius 1 is 0.903 bits per heavy atom. The Kier molecular flexibility index (Phi) is 6.51. The molecule has 0 spiro atoms. The van der Waals surface area contributed by atoms with Crippen LogP contribution in [0.15, 0.2) is 59.5 Å². The number of alkyl halides is 2. The van der Waals surface area contributed by atoms with Gasteiger partial charge in [-0.25, -0.2) is 13.6 Å². The minimum Gasteiger partial charge on any atom is -0.493 e. The third kappa shape index (κ3) is 5.22. The van der Waals surface area contributed by atoms with Crippen LogP contribution in [0.25, 0.3) is 11.1 Å². The monoisotopic (exact) mass is 427 g/mol. The van der Waals surface area contributed by atoms with Gasteiger partial charge in [0.2, 0.25) is 5.88 Å². The number of likely N-dealkylation sites (tertiary alicyclic amines) is 1. The van der Waals surface area contributed by atoms with Crippen molar-refractivity contribution in [2.24, 2.45) is 0 Å². The van der Waals surface area contributed by atoms with Crippen molar-refractivity contribution in [3.63, 3.8) is 0 Å². The Labute approximate surface area is 180 Å². The molecule has 4 rings (SSSR count). The molecule has 3 aromatic rings. The number of imidazole rings is 1. The van der Waals surface area contributed by atoms with Gasteiger partial charge in [-0.05, 0) is 54.3 Å². The molecule has 0 radical (unpaired) electrons. The van der Waals surface area contributed by atoms with Crippen LogP contribution in [0.2, 0.25) is 0 Å². The van der Waals surface area contributed by atoms with Gasteiger partial charge in [0.05, 0.1) is 19.3 Å². The van der Waals surface area contributed by atoms with Gasteiger partial charge < -0.3 is 5.11 Å². The predicted molar refractivity (Wildman–Crippen MR) is 116 cm³/mol. The van der Waals surface area contributed by atoms with E-state index in [0.717, 1.165) is 36.3 Å². The molecule has 1 saturated heterocycles. The Balaban J connectivity index is 1.46. The van der Waals surface area contributed by atoms with Crippen molar-refractivity contribution in [2.45, 2.75) is 45.3 Å². The summed E-state index contributed by atoms with van der Waals surface area (Å²) >= 11 is 0. The molecule has 2 aromatic carbocycles. The maximum absolute atomic E-state index is 12.6. The fourth-order valence-corrected chi connectivity index (χ4v) is 4.16. The molecule has 1 fully saturated rings. The molecule has 0 unspecified atom stereocenters. The fraction of sp³-hybridized carbons (Fsp3) is 0.375. The highest BCUT2D eigenvalue weighted by molar-refractivity contribution is 5.64. The zero-order valence-corrected chi connectivity index (χ0v) is 17.4.